The normalized spacial score (nSPS) is 18.3. The fourth-order valence-corrected chi connectivity index (χ4v) is 21.0. The lowest BCUT2D eigenvalue weighted by Crippen LogP contribution is -2.43. The monoisotopic (exact) mass is 1940 g/mol. The molecule has 790 valence electrons. The second-order valence-corrected chi connectivity index (χ2v) is 50.3. The van der Waals surface area contributed by atoms with Gasteiger partial charge in [0.1, 0.15) is 0 Å². The number of unbranched alkanes of at least 4 members (excludes halogenated alkanes) is 2. The molecule has 24 nitrogen and oxygen atoms in total. The SMILES string of the molecule is CC(C)CN(C)CC1CCCCN1.CC(C)CN(C)CC1CCCN1.CC(C)CN(C)CC1CCCNC1.CC(C)CN(C)CC1CCNC1.CC(C)CN(C)CC1CCNCC1.CC(C)CN(C)CN1CCCCC1.CC(C)CN(CCc1ccccn1)S(C)(=O)=O.CC(C)CN(Cc1ccccn1)S(C)(=O)=O.CCCCN(CC(C)C)S(C)(=O)=O.CCCCN(CC)CC(C)C. The minimum absolute atomic E-state index is 0.304. The molecule has 0 spiro atoms. The Labute approximate surface area is 826 Å². The minimum atomic E-state index is -3.16. The second kappa shape index (κ2) is 80.0. The highest BCUT2D eigenvalue weighted by Gasteiger charge is 2.25. The molecule has 6 fully saturated rings. The molecule has 6 aliphatic heterocycles. The predicted octanol–water partition coefficient (Wildman–Crippen LogP) is 16.9. The van der Waals surface area contributed by atoms with Crippen LogP contribution < -0.4 is 26.6 Å². The van der Waals surface area contributed by atoms with Crippen LogP contribution in [0.25, 0.3) is 0 Å². The predicted molar refractivity (Wildman–Crippen MR) is 580 cm³/mol. The molecule has 2 aromatic rings. The van der Waals surface area contributed by atoms with Gasteiger partial charge in [-0.15, -0.1) is 0 Å². The van der Waals surface area contributed by atoms with Gasteiger partial charge in [0.2, 0.25) is 30.1 Å². The summed E-state index contributed by atoms with van der Waals surface area (Å²) in [7, 11) is 4.13. The number of likely N-dealkylation sites (N-methyl/N-ethyl adjacent to an activating group) is 2. The van der Waals surface area contributed by atoms with Gasteiger partial charge in [0.25, 0.3) is 0 Å². The van der Waals surface area contributed by atoms with Crippen LogP contribution in [0.2, 0.25) is 0 Å². The number of pyridine rings is 2. The van der Waals surface area contributed by atoms with Gasteiger partial charge in [0, 0.05) is 148 Å². The molecule has 0 amide bonds. The van der Waals surface area contributed by atoms with Crippen LogP contribution in [-0.4, -0.2) is 357 Å². The minimum Gasteiger partial charge on any atom is -0.317 e. The third-order valence-corrected chi connectivity index (χ3v) is 27.3. The van der Waals surface area contributed by atoms with E-state index in [1.165, 1.54) is 281 Å². The molecule has 8 heterocycles. The molecular formula is C106H222N18O6S3. The molecule has 0 aromatic carbocycles. The molecule has 0 radical (unpaired) electrons. The molecule has 133 heavy (non-hydrogen) atoms. The number of aromatic nitrogens is 2. The van der Waals surface area contributed by atoms with Crippen LogP contribution in [0.3, 0.4) is 0 Å². The van der Waals surface area contributed by atoms with Crippen molar-refractivity contribution in [2.45, 2.75) is 293 Å². The summed E-state index contributed by atoms with van der Waals surface area (Å²) in [6.07, 6.45) is 30.4. The maximum atomic E-state index is 11.6. The first-order chi connectivity index (χ1) is 62.5. The Bertz CT molecular complexity index is 3100. The van der Waals surface area contributed by atoms with E-state index in [0.717, 1.165) is 102 Å². The zero-order chi connectivity index (χ0) is 101. The van der Waals surface area contributed by atoms with E-state index in [4.69, 9.17) is 0 Å². The zero-order valence-corrected chi connectivity index (χ0v) is 95.4. The smallest absolute Gasteiger partial charge is 0.211 e. The Kier molecular flexibility index (Phi) is 79.7. The third-order valence-electron chi connectivity index (χ3n) is 23.5. The molecule has 2 aromatic heterocycles. The summed E-state index contributed by atoms with van der Waals surface area (Å²) in [5.74, 6) is 9.30. The number of sulfonamides is 3. The average molecular weight is 1940 g/mol. The van der Waals surface area contributed by atoms with Gasteiger partial charge in [-0.1, -0.05) is 197 Å². The number of piperidine rings is 4. The Hall–Kier alpha value is -2.49. The first kappa shape index (κ1) is 133. The molecule has 27 heteroatoms. The number of rotatable bonds is 47. The van der Waals surface area contributed by atoms with Gasteiger partial charge < -0.3 is 56.0 Å². The highest BCUT2D eigenvalue weighted by Crippen LogP contribution is 2.19. The lowest BCUT2D eigenvalue weighted by molar-refractivity contribution is 0.124. The maximum absolute atomic E-state index is 11.6. The maximum Gasteiger partial charge on any atom is 0.211 e. The lowest BCUT2D eigenvalue weighted by atomic mass is 9.97. The van der Waals surface area contributed by atoms with Gasteiger partial charge in [0.15, 0.2) is 0 Å². The van der Waals surface area contributed by atoms with E-state index in [-0.39, 0.29) is 0 Å². The first-order valence-corrected chi connectivity index (χ1v) is 58.8. The third kappa shape index (κ3) is 81.7. The molecule has 0 bridgehead atoms. The van der Waals surface area contributed by atoms with Crippen molar-refractivity contribution >= 4 is 30.1 Å². The van der Waals surface area contributed by atoms with Gasteiger partial charge in [-0.25, -0.2) is 33.9 Å². The second-order valence-electron chi connectivity index (χ2n) is 44.4. The van der Waals surface area contributed by atoms with E-state index in [1.807, 2.05) is 77.9 Å². The van der Waals surface area contributed by atoms with Crippen LogP contribution in [0.5, 0.6) is 0 Å². The van der Waals surface area contributed by atoms with Crippen molar-refractivity contribution in [2.75, 3.05) is 258 Å². The van der Waals surface area contributed by atoms with Crippen molar-refractivity contribution in [3.05, 3.63) is 60.2 Å². The largest absolute Gasteiger partial charge is 0.317 e. The van der Waals surface area contributed by atoms with Crippen LogP contribution >= 0.6 is 0 Å². The Balaban J connectivity index is 0. The van der Waals surface area contributed by atoms with Gasteiger partial charge in [-0.05, 0) is 305 Å². The Morgan fingerprint density at radius 2 is 0.714 bits per heavy atom. The Morgan fingerprint density at radius 1 is 0.353 bits per heavy atom. The van der Waals surface area contributed by atoms with Crippen LogP contribution in [0.1, 0.15) is 280 Å². The summed E-state index contributed by atoms with van der Waals surface area (Å²) in [5, 5.41) is 17.4. The highest BCUT2D eigenvalue weighted by atomic mass is 32.2. The lowest BCUT2D eigenvalue weighted by Gasteiger charge is -2.31. The van der Waals surface area contributed by atoms with E-state index >= 15 is 0 Å². The Morgan fingerprint density at radius 3 is 1.09 bits per heavy atom. The fraction of sp³-hybridized carbons (Fsp3) is 0.906. The van der Waals surface area contributed by atoms with Crippen molar-refractivity contribution in [2.24, 2.45) is 76.9 Å². The van der Waals surface area contributed by atoms with E-state index < -0.39 is 30.1 Å². The summed E-state index contributed by atoms with van der Waals surface area (Å²) >= 11 is 0. The van der Waals surface area contributed by atoms with Crippen LogP contribution in [0.15, 0.2) is 48.8 Å². The molecule has 4 atom stereocenters. The summed E-state index contributed by atoms with van der Waals surface area (Å²) in [4.78, 5) is 28.2. The van der Waals surface area contributed by atoms with Gasteiger partial charge in [-0.3, -0.25) is 19.8 Å². The number of likely N-dealkylation sites (tertiary alicyclic amines) is 1. The summed E-state index contributed by atoms with van der Waals surface area (Å²) in [6.45, 7) is 84.8. The number of hydrogen-bond acceptors (Lipinski definition) is 21. The molecule has 4 unspecified atom stereocenters. The average Bonchev–Trinajstić information content (AvgIpc) is 1.42. The van der Waals surface area contributed by atoms with E-state index in [2.05, 4.69) is 236 Å². The molecule has 0 aliphatic carbocycles. The fourth-order valence-electron chi connectivity index (χ4n) is 18.1. The summed E-state index contributed by atoms with van der Waals surface area (Å²) in [5.41, 5.74) is 1.69. The first-order valence-electron chi connectivity index (χ1n) is 53.3. The van der Waals surface area contributed by atoms with Crippen molar-refractivity contribution in [1.82, 2.24) is 88.7 Å². The topological polar surface area (TPSA) is 224 Å². The number of hydrogen-bond donors (Lipinski definition) is 5. The summed E-state index contributed by atoms with van der Waals surface area (Å²) < 4.78 is 73.5. The molecule has 6 aliphatic rings. The van der Waals surface area contributed by atoms with Crippen molar-refractivity contribution in [1.29, 1.82) is 0 Å². The number of nitrogens with zero attached hydrogens (tertiary/aromatic N) is 13. The zero-order valence-electron chi connectivity index (χ0n) is 92.9. The molecule has 5 N–H and O–H groups in total. The molecule has 0 saturated carbocycles. The number of nitrogens with one attached hydrogen (secondary N) is 5. The van der Waals surface area contributed by atoms with Crippen LogP contribution in [0.4, 0.5) is 0 Å². The van der Waals surface area contributed by atoms with E-state index in [0.29, 0.717) is 63.4 Å². The quantitative estimate of drug-likeness (QED) is 0.0415. The van der Waals surface area contributed by atoms with E-state index in [9.17, 15) is 25.3 Å². The van der Waals surface area contributed by atoms with Crippen LogP contribution in [-0.2, 0) is 43.0 Å². The molecule has 6 saturated heterocycles. The summed E-state index contributed by atoms with van der Waals surface area (Å²) in [6, 6.07) is 12.7. The van der Waals surface area contributed by atoms with Crippen molar-refractivity contribution in [3.63, 3.8) is 0 Å². The van der Waals surface area contributed by atoms with E-state index in [1.54, 1.807) is 16.7 Å². The van der Waals surface area contributed by atoms with Gasteiger partial charge >= 0.3 is 0 Å². The van der Waals surface area contributed by atoms with Gasteiger partial charge in [0.05, 0.1) is 37.7 Å². The van der Waals surface area contributed by atoms with Crippen molar-refractivity contribution in [3.8, 4) is 0 Å². The highest BCUT2D eigenvalue weighted by molar-refractivity contribution is 7.88. The van der Waals surface area contributed by atoms with Gasteiger partial charge in [-0.2, -0.15) is 4.31 Å². The molecule has 8 rings (SSSR count). The van der Waals surface area contributed by atoms with Crippen molar-refractivity contribution < 1.29 is 25.3 Å². The van der Waals surface area contributed by atoms with Crippen LogP contribution in [0, 0.1) is 76.9 Å². The standard InChI is InChI=1S/C12H20N2O2S.C11H18N2O2S.4C11H24N2.2C10H22N2.C10H23N.C9H21NO2S/c1-11(2)10-14(17(3,15)16)9-7-12-6-4-5-8-13-12;1-10(2)8-13(16(3,14)15)9-11-6-4-5-7-12-11;1-10(2)8-13(3)9-11-4-6-12-7-5-11;1-10(2)8-13(3)9-11-5-4-6-12-7-11;1-10(2)8-13(3)9-11-6-4-5-7-12-11;1-11(2)9-12(3)10-13-7-5-4-6-8-13;1-9(2)7-12(3)8-10-4-5-11-6-10;1-9(2)7-12(3)8-10-5-4-6-11-10;1-5-7-8-11(6-2)9-10(3)4;1-5-6-7-10(8-9(2)3)13(4,11)12/h4-6,8,11H,7,9-10H2,1-3H3;4-7,10H,8-9H2,1-3H3;3*10-12H,4-9H2,1-3H3;11H,4-10H2,1-3H3;2*9-11H,4-8H2,1-3H3;10H,5-9H2,1-4H3;9H,5-8H2,1-4H3. The molecular weight excluding hydrogens is 1720 g/mol.